The van der Waals surface area contributed by atoms with Gasteiger partial charge in [-0.15, -0.1) is 0 Å². The molecule has 0 fully saturated rings. The number of hydrogen-bond donors (Lipinski definition) is 4. The molecule has 1 aliphatic heterocycles. The van der Waals surface area contributed by atoms with E-state index >= 15 is 0 Å². The monoisotopic (exact) mass is 623 g/mol. The number of aromatic hydroxyl groups is 4. The second-order valence-corrected chi connectivity index (χ2v) is 13.4. The first-order valence-corrected chi connectivity index (χ1v) is 15.8. The molecule has 7 nitrogen and oxygen atoms in total. The van der Waals surface area contributed by atoms with Crippen molar-refractivity contribution in [3.63, 3.8) is 0 Å². The van der Waals surface area contributed by atoms with Crippen molar-refractivity contribution in [2.75, 3.05) is 7.11 Å². The number of rotatable bonds is 3. The van der Waals surface area contributed by atoms with Gasteiger partial charge in [0.2, 0.25) is 0 Å². The Bertz CT molecular complexity index is 1690. The minimum atomic E-state index is -0.658. The third-order valence-electron chi connectivity index (χ3n) is 9.01. The van der Waals surface area contributed by atoms with Crippen LogP contribution in [0.2, 0.25) is 0 Å². The number of fused-ring (bicyclic) bond motifs is 8. The molecular weight excluding hydrogens is 578 g/mol. The van der Waals surface area contributed by atoms with Crippen LogP contribution in [0.1, 0.15) is 80.6 Å². The van der Waals surface area contributed by atoms with Gasteiger partial charge in [0.05, 0.1) is 7.11 Å². The molecule has 1 heterocycles. The van der Waals surface area contributed by atoms with Crippen LogP contribution in [0.4, 0.5) is 0 Å². The van der Waals surface area contributed by atoms with Crippen LogP contribution >= 0.6 is 0 Å². The third-order valence-corrected chi connectivity index (χ3v) is 9.01. The lowest BCUT2D eigenvalue weighted by Crippen LogP contribution is -2.44. The van der Waals surface area contributed by atoms with Gasteiger partial charge in [0, 0.05) is 43.5 Å². The topological polar surface area (TPSA) is 110 Å². The Morgan fingerprint density at radius 3 is 1.09 bits per heavy atom. The summed E-state index contributed by atoms with van der Waals surface area (Å²) >= 11 is 0. The molecule has 4 N–H and O–H groups in total. The fourth-order valence-electron chi connectivity index (χ4n) is 7.06. The highest BCUT2D eigenvalue weighted by Gasteiger charge is 2.32. The molecule has 8 bridgehead atoms. The molecule has 0 aromatic heterocycles. The van der Waals surface area contributed by atoms with E-state index in [0.717, 1.165) is 22.3 Å². The molecule has 0 spiro atoms. The Morgan fingerprint density at radius 1 is 0.565 bits per heavy atom. The second kappa shape index (κ2) is 13.1. The molecule has 0 aliphatic carbocycles. The number of carbonyl (C=O) groups is 1. The number of phenols is 4. The molecule has 0 saturated heterocycles. The van der Waals surface area contributed by atoms with Gasteiger partial charge in [-0.1, -0.05) is 84.6 Å². The molecule has 5 rings (SSSR count). The van der Waals surface area contributed by atoms with Gasteiger partial charge in [-0.3, -0.25) is 9.69 Å². The molecular formula is C39H45NO6. The van der Waals surface area contributed by atoms with Gasteiger partial charge in [-0.25, -0.2) is 0 Å². The lowest BCUT2D eigenvalue weighted by molar-refractivity contribution is -0.149. The summed E-state index contributed by atoms with van der Waals surface area (Å²) < 4.78 is 5.25. The van der Waals surface area contributed by atoms with Crippen LogP contribution in [0.25, 0.3) is 0 Å². The maximum absolute atomic E-state index is 13.2. The molecule has 1 atom stereocenters. The van der Waals surface area contributed by atoms with E-state index in [1.807, 2.05) is 95.0 Å². The van der Waals surface area contributed by atoms with Crippen LogP contribution in [0.15, 0.2) is 48.5 Å². The average molecular weight is 624 g/mol. The maximum atomic E-state index is 13.2. The fourth-order valence-corrected chi connectivity index (χ4v) is 7.06. The number of carbonyl (C=O) groups excluding carboxylic acids is 1. The van der Waals surface area contributed by atoms with E-state index < -0.39 is 12.0 Å². The number of ether oxygens (including phenoxy) is 1. The van der Waals surface area contributed by atoms with Crippen molar-refractivity contribution in [3.05, 3.63) is 115 Å². The molecule has 1 aliphatic rings. The van der Waals surface area contributed by atoms with Gasteiger partial charge in [0.25, 0.3) is 0 Å². The first kappa shape index (κ1) is 32.9. The van der Waals surface area contributed by atoms with Crippen molar-refractivity contribution in [2.45, 2.75) is 79.9 Å². The Labute approximate surface area is 271 Å². The van der Waals surface area contributed by atoms with Crippen LogP contribution in [0.3, 0.4) is 0 Å². The van der Waals surface area contributed by atoms with Gasteiger partial charge in [0.15, 0.2) is 0 Å². The summed E-state index contributed by atoms with van der Waals surface area (Å²) in [7, 11) is 1.37. The Kier molecular flexibility index (Phi) is 9.36. The van der Waals surface area contributed by atoms with E-state index in [4.69, 9.17) is 4.74 Å². The van der Waals surface area contributed by atoms with E-state index in [1.54, 1.807) is 0 Å². The van der Waals surface area contributed by atoms with Crippen LogP contribution in [-0.2, 0) is 41.9 Å². The summed E-state index contributed by atoms with van der Waals surface area (Å²) in [5.41, 5.74) is 9.09. The Balaban J connectivity index is 1.78. The standard InChI is InChI=1S/C39H45NO6/c1-21(2)34(39(45)46-7)40-19-32-14-24(5)12-30(37(32)43)17-28-10-22(3)8-26(35(28)41)16-27-9-23(4)11-29(36(27)42)18-31-13-25(6)15-33(20-40)38(31)44/h8-15,21,34,41-44H,16-20H2,1-7H3/t34-/m1/s1. The normalized spacial score (nSPS) is 14.4. The number of nitrogens with zero attached hydrogens (tertiary/aromatic N) is 1. The largest absolute Gasteiger partial charge is 0.507 e. The van der Waals surface area contributed by atoms with Crippen LogP contribution in [0.5, 0.6) is 23.0 Å². The van der Waals surface area contributed by atoms with Crippen molar-refractivity contribution in [2.24, 2.45) is 5.92 Å². The summed E-state index contributed by atoms with van der Waals surface area (Å²) in [5.74, 6) is -0.0716. The smallest absolute Gasteiger partial charge is 0.323 e. The summed E-state index contributed by atoms with van der Waals surface area (Å²) in [6.07, 6.45) is 0.896. The summed E-state index contributed by atoms with van der Waals surface area (Å²) in [5, 5.41) is 46.4. The zero-order chi connectivity index (χ0) is 33.4. The SMILES string of the molecule is COC(=O)[C@@H](C(C)C)N1Cc2cc(C)cc(c2O)Cc2cc(C)cc(c2O)Cc2cc(C)cc(c2O)Cc2cc(C)cc(c2O)C1. The average Bonchev–Trinajstić information content (AvgIpc) is 2.97. The molecule has 242 valence electrons. The molecule has 4 aromatic rings. The summed E-state index contributed by atoms with van der Waals surface area (Å²) in [6, 6.07) is 14.7. The molecule has 0 saturated carbocycles. The molecule has 0 radical (unpaired) electrons. The quantitative estimate of drug-likeness (QED) is 0.181. The number of methoxy groups -OCH3 is 1. The first-order chi connectivity index (χ1) is 21.7. The number of phenolic OH excluding ortho intramolecular Hbond substituents is 4. The highest BCUT2D eigenvalue weighted by atomic mass is 16.5. The van der Waals surface area contributed by atoms with E-state index in [2.05, 4.69) is 0 Å². The zero-order valence-electron chi connectivity index (χ0n) is 27.9. The zero-order valence-corrected chi connectivity index (χ0v) is 27.9. The first-order valence-electron chi connectivity index (χ1n) is 15.8. The van der Waals surface area contributed by atoms with Crippen LogP contribution < -0.4 is 0 Å². The van der Waals surface area contributed by atoms with Crippen LogP contribution in [-0.4, -0.2) is 44.4 Å². The van der Waals surface area contributed by atoms with Crippen LogP contribution in [0, 0.1) is 33.6 Å². The van der Waals surface area contributed by atoms with Crippen molar-refractivity contribution >= 4 is 5.97 Å². The van der Waals surface area contributed by atoms with E-state index in [0.29, 0.717) is 63.8 Å². The van der Waals surface area contributed by atoms with Gasteiger partial charge in [0.1, 0.15) is 29.0 Å². The highest BCUT2D eigenvalue weighted by Crippen LogP contribution is 2.38. The van der Waals surface area contributed by atoms with Crippen molar-refractivity contribution in [1.29, 1.82) is 0 Å². The number of esters is 1. The number of hydrogen-bond acceptors (Lipinski definition) is 7. The second-order valence-electron chi connectivity index (χ2n) is 13.4. The molecule has 7 heteroatoms. The molecule has 46 heavy (non-hydrogen) atoms. The lowest BCUT2D eigenvalue weighted by atomic mass is 9.90. The third kappa shape index (κ3) is 6.70. The van der Waals surface area contributed by atoms with Crippen molar-refractivity contribution in [3.8, 4) is 23.0 Å². The van der Waals surface area contributed by atoms with E-state index in [1.165, 1.54) is 7.11 Å². The number of benzene rings is 4. The van der Waals surface area contributed by atoms with Crippen molar-refractivity contribution < 1.29 is 30.0 Å². The van der Waals surface area contributed by atoms with Gasteiger partial charge < -0.3 is 25.2 Å². The van der Waals surface area contributed by atoms with Gasteiger partial charge >= 0.3 is 5.97 Å². The van der Waals surface area contributed by atoms with Gasteiger partial charge in [-0.05, 0) is 67.0 Å². The van der Waals surface area contributed by atoms with E-state index in [9.17, 15) is 25.2 Å². The predicted octanol–water partition coefficient (Wildman–Crippen LogP) is 7.03. The molecule has 0 amide bonds. The van der Waals surface area contributed by atoms with E-state index in [-0.39, 0.29) is 42.0 Å². The highest BCUT2D eigenvalue weighted by molar-refractivity contribution is 5.76. The molecule has 0 unspecified atom stereocenters. The predicted molar refractivity (Wildman–Crippen MR) is 180 cm³/mol. The fraction of sp³-hybridized carbons (Fsp3) is 0.359. The Morgan fingerprint density at radius 2 is 0.826 bits per heavy atom. The maximum Gasteiger partial charge on any atom is 0.323 e. The van der Waals surface area contributed by atoms with Crippen molar-refractivity contribution in [1.82, 2.24) is 4.90 Å². The van der Waals surface area contributed by atoms with Gasteiger partial charge in [-0.2, -0.15) is 0 Å². The Hall–Kier alpha value is -4.49. The summed E-state index contributed by atoms with van der Waals surface area (Å²) in [4.78, 5) is 15.2. The summed E-state index contributed by atoms with van der Waals surface area (Å²) in [6.45, 7) is 12.2. The minimum Gasteiger partial charge on any atom is -0.507 e. The lowest BCUT2D eigenvalue weighted by Gasteiger charge is -2.33. The minimum absolute atomic E-state index is 0.0988. The molecule has 4 aromatic carbocycles. The number of aryl methyl sites for hydroxylation is 4.